The number of hydrogen-bond donors (Lipinski definition) is 1. The number of hydrogen-bond acceptors (Lipinski definition) is 6. The first-order valence-electron chi connectivity index (χ1n) is 20.1. The van der Waals surface area contributed by atoms with Gasteiger partial charge < -0.3 is 19.1 Å². The standard InChI is InChI=1S/C48H46N2O4S3/c1-4-6-8-10-16-32-28-41(56-45(32)31-22-24-34(25-23-31)50-38-20-14-12-18-35(38)36-19-13-15-21-39(36)50)46-33(17-11-9-7-5-2)29-42(57-46)47-44-43(53-26-27-54-44)40(55-47)30-37(49-3)48(51)52/h12-15,18-25,28-30H,4-11,16-17,26-27H2,1-2H3,(H,51,52). The maximum absolute atomic E-state index is 11.8. The minimum Gasteiger partial charge on any atom is -0.486 e. The SMILES string of the molecule is [C-]#[N+]C(=Cc1sc(-c2cc(CCCCCC)c(-c3cc(CCCCCC)c(-c4ccc(-n5c6ccccc6c6ccccc65)cc4)s3)s2)c2c1OCCO2)C(=O)O. The summed E-state index contributed by atoms with van der Waals surface area (Å²) >= 11 is 5.12. The molecule has 0 saturated carbocycles. The number of unbranched alkanes of at least 4 members (excludes halogenated alkanes) is 6. The van der Waals surface area contributed by atoms with E-state index in [9.17, 15) is 9.90 Å². The Hall–Kier alpha value is -5.14. The maximum Gasteiger partial charge on any atom is 0.333 e. The van der Waals surface area contributed by atoms with Crippen LogP contribution in [0.1, 0.15) is 81.2 Å². The van der Waals surface area contributed by atoms with E-state index in [0.29, 0.717) is 29.6 Å². The molecule has 290 valence electrons. The Morgan fingerprint density at radius 1 is 0.719 bits per heavy atom. The van der Waals surface area contributed by atoms with Gasteiger partial charge in [-0.2, -0.15) is 0 Å². The summed E-state index contributed by atoms with van der Waals surface area (Å²) in [5, 5.41) is 12.1. The number of carboxylic acid groups (broad SMARTS) is 1. The monoisotopic (exact) mass is 810 g/mol. The Morgan fingerprint density at radius 3 is 1.88 bits per heavy atom. The lowest BCUT2D eigenvalue weighted by Crippen LogP contribution is -2.14. The van der Waals surface area contributed by atoms with Crippen molar-refractivity contribution < 1.29 is 19.4 Å². The predicted molar refractivity (Wildman–Crippen MR) is 240 cm³/mol. The first-order valence-corrected chi connectivity index (χ1v) is 22.5. The number of ether oxygens (including phenoxy) is 2. The molecule has 5 heterocycles. The highest BCUT2D eigenvalue weighted by Gasteiger charge is 2.28. The number of nitrogens with zero attached hydrogens (tertiary/aromatic N) is 2. The molecule has 7 aromatic rings. The fourth-order valence-electron chi connectivity index (χ4n) is 7.85. The number of carbonyl (C=O) groups is 1. The zero-order valence-corrected chi connectivity index (χ0v) is 34.9. The lowest BCUT2D eigenvalue weighted by atomic mass is 10.0. The zero-order chi connectivity index (χ0) is 39.3. The van der Waals surface area contributed by atoms with E-state index in [0.717, 1.165) is 41.1 Å². The molecule has 0 atom stereocenters. The summed E-state index contributed by atoms with van der Waals surface area (Å²) in [6.07, 6.45) is 13.0. The molecule has 57 heavy (non-hydrogen) atoms. The van der Waals surface area contributed by atoms with Gasteiger partial charge in [0, 0.05) is 36.0 Å². The average molecular weight is 811 g/mol. The van der Waals surface area contributed by atoms with E-state index in [4.69, 9.17) is 16.0 Å². The van der Waals surface area contributed by atoms with Crippen LogP contribution in [-0.2, 0) is 17.6 Å². The normalized spacial score (nSPS) is 12.8. The topological polar surface area (TPSA) is 65.0 Å². The van der Waals surface area contributed by atoms with Gasteiger partial charge in [0.1, 0.15) is 13.2 Å². The Bertz CT molecular complexity index is 2560. The molecule has 0 aliphatic carbocycles. The van der Waals surface area contributed by atoms with Crippen LogP contribution in [0.5, 0.6) is 11.5 Å². The van der Waals surface area contributed by atoms with E-state index in [-0.39, 0.29) is 5.70 Å². The summed E-state index contributed by atoms with van der Waals surface area (Å²) in [5.74, 6) is -0.0804. The second-order valence-corrected chi connectivity index (χ2v) is 17.7. The third-order valence-corrected chi connectivity index (χ3v) is 14.5. The van der Waals surface area contributed by atoms with Gasteiger partial charge in [-0.25, -0.2) is 4.85 Å². The summed E-state index contributed by atoms with van der Waals surface area (Å²) in [7, 11) is 0. The van der Waals surface area contributed by atoms with Crippen LogP contribution >= 0.6 is 34.0 Å². The number of rotatable bonds is 16. The van der Waals surface area contributed by atoms with Crippen LogP contribution in [0.4, 0.5) is 0 Å². The molecule has 4 aromatic heterocycles. The molecular weight excluding hydrogens is 765 g/mol. The number of carboxylic acids is 1. The van der Waals surface area contributed by atoms with Gasteiger partial charge in [-0.1, -0.05) is 101 Å². The van der Waals surface area contributed by atoms with Gasteiger partial charge >= 0.3 is 5.97 Å². The number of thiophene rings is 3. The average Bonchev–Trinajstić information content (AvgIpc) is 4.02. The molecule has 0 fully saturated rings. The Morgan fingerprint density at radius 2 is 1.28 bits per heavy atom. The molecule has 1 aliphatic rings. The van der Waals surface area contributed by atoms with Crippen molar-refractivity contribution in [1.29, 1.82) is 0 Å². The van der Waals surface area contributed by atoms with Crippen molar-refractivity contribution in [2.45, 2.75) is 78.1 Å². The molecule has 1 aliphatic heterocycles. The minimum absolute atomic E-state index is 0.344. The van der Waals surface area contributed by atoms with Gasteiger partial charge in [0.25, 0.3) is 5.70 Å². The van der Waals surface area contributed by atoms with Crippen molar-refractivity contribution in [1.82, 2.24) is 4.57 Å². The van der Waals surface area contributed by atoms with E-state index < -0.39 is 5.97 Å². The number of aryl methyl sites for hydroxylation is 2. The molecule has 6 nitrogen and oxygen atoms in total. The Kier molecular flexibility index (Phi) is 11.9. The summed E-state index contributed by atoms with van der Waals surface area (Å²) in [6, 6.07) is 31.2. The van der Waals surface area contributed by atoms with Crippen molar-refractivity contribution >= 4 is 67.9 Å². The van der Waals surface area contributed by atoms with Crippen molar-refractivity contribution in [3.63, 3.8) is 0 Å². The first-order chi connectivity index (χ1) is 28.0. The number of para-hydroxylation sites is 2. The second kappa shape index (κ2) is 17.6. The highest BCUT2D eigenvalue weighted by molar-refractivity contribution is 7.27. The third kappa shape index (κ3) is 7.91. The van der Waals surface area contributed by atoms with Gasteiger partial charge in [-0.15, -0.1) is 34.0 Å². The van der Waals surface area contributed by atoms with Gasteiger partial charge in [0.2, 0.25) is 0 Å². The lowest BCUT2D eigenvalue weighted by Gasteiger charge is -2.16. The summed E-state index contributed by atoms with van der Waals surface area (Å²) in [4.78, 5) is 21.5. The molecule has 0 radical (unpaired) electrons. The Balaban J connectivity index is 1.20. The van der Waals surface area contributed by atoms with Crippen LogP contribution < -0.4 is 9.47 Å². The smallest absolute Gasteiger partial charge is 0.333 e. The molecule has 0 unspecified atom stereocenters. The van der Waals surface area contributed by atoms with Crippen LogP contribution in [-0.4, -0.2) is 28.9 Å². The fraction of sp³-hybridized carbons (Fsp3) is 0.292. The highest BCUT2D eigenvalue weighted by atomic mass is 32.1. The van der Waals surface area contributed by atoms with E-state index >= 15 is 0 Å². The minimum atomic E-state index is -1.25. The van der Waals surface area contributed by atoms with Crippen molar-refractivity contribution in [3.05, 3.63) is 118 Å². The van der Waals surface area contributed by atoms with Gasteiger partial charge in [0.05, 0.1) is 27.4 Å². The predicted octanol–water partition coefficient (Wildman–Crippen LogP) is 14.3. The van der Waals surface area contributed by atoms with Crippen molar-refractivity contribution in [2.75, 3.05) is 13.2 Å². The van der Waals surface area contributed by atoms with E-state index in [1.54, 1.807) is 11.3 Å². The van der Waals surface area contributed by atoms with Crippen LogP contribution in [0.2, 0.25) is 0 Å². The van der Waals surface area contributed by atoms with Crippen LogP contribution in [0.15, 0.2) is 90.6 Å². The number of benzene rings is 3. The second-order valence-electron chi connectivity index (χ2n) is 14.6. The summed E-state index contributed by atoms with van der Waals surface area (Å²) in [5.41, 5.74) is 7.21. The largest absolute Gasteiger partial charge is 0.486 e. The van der Waals surface area contributed by atoms with Gasteiger partial charge in [-0.3, -0.25) is 4.79 Å². The van der Waals surface area contributed by atoms with Crippen molar-refractivity contribution in [3.8, 4) is 47.1 Å². The molecule has 3 aromatic carbocycles. The summed E-state index contributed by atoms with van der Waals surface area (Å²) < 4.78 is 14.6. The molecule has 8 rings (SSSR count). The van der Waals surface area contributed by atoms with Crippen LogP contribution in [0.3, 0.4) is 0 Å². The fourth-order valence-corrected chi connectivity index (χ4v) is 11.6. The van der Waals surface area contributed by atoms with Gasteiger partial charge in [0.15, 0.2) is 11.5 Å². The quantitative estimate of drug-likeness (QED) is 0.0600. The van der Waals surface area contributed by atoms with E-state index in [1.807, 2.05) is 11.3 Å². The Labute approximate surface area is 346 Å². The molecule has 0 amide bonds. The lowest BCUT2D eigenvalue weighted by molar-refractivity contribution is -0.132. The van der Waals surface area contributed by atoms with E-state index in [1.165, 1.54) is 109 Å². The van der Waals surface area contributed by atoms with Crippen LogP contribution in [0, 0.1) is 6.57 Å². The van der Waals surface area contributed by atoms with Crippen LogP contribution in [0.25, 0.3) is 68.4 Å². The molecule has 1 N–H and O–H groups in total. The third-order valence-electron chi connectivity index (χ3n) is 10.7. The first kappa shape index (κ1) is 38.7. The van der Waals surface area contributed by atoms with Crippen molar-refractivity contribution in [2.24, 2.45) is 0 Å². The summed E-state index contributed by atoms with van der Waals surface area (Å²) in [6.45, 7) is 12.7. The van der Waals surface area contributed by atoms with E-state index in [2.05, 4.69) is 108 Å². The molecule has 9 heteroatoms. The number of fused-ring (bicyclic) bond motifs is 4. The molecule has 0 saturated heterocycles. The highest BCUT2D eigenvalue weighted by Crippen LogP contribution is 2.54. The molecule has 0 bridgehead atoms. The molecule has 0 spiro atoms. The van der Waals surface area contributed by atoms with Gasteiger partial charge in [-0.05, 0) is 84.8 Å². The molecular formula is C48H46N2O4S3. The zero-order valence-electron chi connectivity index (χ0n) is 32.4. The maximum atomic E-state index is 11.8. The number of aromatic nitrogens is 1. The number of aliphatic carboxylic acids is 1.